The standard InChI is InChI=1S/C16H23N2O7P/c1-16(2)11-24-26(21,22-3)25-14(16)15(20)18-9-6-13(19)23-10-12-4-7-17-8-5-12/h4-5,7-8,14H,6,9-11H2,1-3H3,(H,18,20)/t14-,26?/m0/s1. The monoisotopic (exact) mass is 386 g/mol. The van der Waals surface area contributed by atoms with E-state index in [1.54, 1.807) is 38.4 Å². The number of esters is 1. The van der Waals surface area contributed by atoms with Gasteiger partial charge in [0.2, 0.25) is 5.91 Å². The van der Waals surface area contributed by atoms with Crippen LogP contribution < -0.4 is 5.32 Å². The number of phosphoric acid groups is 1. The summed E-state index contributed by atoms with van der Waals surface area (Å²) in [7, 11) is -2.55. The lowest BCUT2D eigenvalue weighted by Gasteiger charge is -2.39. The SMILES string of the molecule is COP1(=O)OCC(C)(C)[C@H](C(=O)NCCC(=O)OCc2ccncc2)O1. The molecule has 9 nitrogen and oxygen atoms in total. The molecule has 144 valence electrons. The lowest BCUT2D eigenvalue weighted by molar-refractivity contribution is -0.145. The number of ether oxygens (including phenoxy) is 1. The van der Waals surface area contributed by atoms with Gasteiger partial charge in [0.05, 0.1) is 13.0 Å². The second-order valence-corrected chi connectivity index (χ2v) is 8.16. The first kappa shape index (κ1) is 20.5. The van der Waals surface area contributed by atoms with Crippen LogP contribution in [0, 0.1) is 5.41 Å². The highest BCUT2D eigenvalue weighted by Gasteiger charge is 2.48. The minimum absolute atomic E-state index is 0.00239. The Morgan fingerprint density at radius 1 is 1.38 bits per heavy atom. The quantitative estimate of drug-likeness (QED) is 0.558. The smallest absolute Gasteiger partial charge is 0.461 e. The van der Waals surface area contributed by atoms with Crippen molar-refractivity contribution in [1.29, 1.82) is 0 Å². The Balaban J connectivity index is 1.78. The molecule has 2 atom stereocenters. The van der Waals surface area contributed by atoms with Crippen LogP contribution in [0.25, 0.3) is 0 Å². The summed E-state index contributed by atoms with van der Waals surface area (Å²) in [4.78, 5) is 28.0. The molecule has 1 unspecified atom stereocenters. The van der Waals surface area contributed by atoms with Gasteiger partial charge < -0.3 is 10.1 Å². The minimum atomic E-state index is -3.74. The molecule has 0 aromatic carbocycles. The van der Waals surface area contributed by atoms with E-state index in [9.17, 15) is 14.2 Å². The van der Waals surface area contributed by atoms with Crippen molar-refractivity contribution >= 4 is 19.7 Å². The predicted octanol–water partition coefficient (Wildman–Crippen LogP) is 1.83. The number of hydrogen-bond donors (Lipinski definition) is 1. The highest BCUT2D eigenvalue weighted by Crippen LogP contribution is 2.56. The molecule has 1 aromatic heterocycles. The van der Waals surface area contributed by atoms with Crippen molar-refractivity contribution in [3.63, 3.8) is 0 Å². The van der Waals surface area contributed by atoms with Gasteiger partial charge >= 0.3 is 13.8 Å². The normalized spacial score (nSPS) is 24.7. The predicted molar refractivity (Wildman–Crippen MR) is 90.9 cm³/mol. The molecular formula is C16H23N2O7P. The molecule has 1 fully saturated rings. The van der Waals surface area contributed by atoms with Crippen LogP contribution in [0.4, 0.5) is 0 Å². The lowest BCUT2D eigenvalue weighted by atomic mass is 9.87. The number of nitrogens with zero attached hydrogens (tertiary/aromatic N) is 1. The summed E-state index contributed by atoms with van der Waals surface area (Å²) in [6.45, 7) is 3.76. The molecule has 1 aromatic rings. The molecule has 2 rings (SSSR count). The minimum Gasteiger partial charge on any atom is -0.461 e. The molecule has 10 heteroatoms. The fourth-order valence-corrected chi connectivity index (χ4v) is 3.60. The molecule has 2 heterocycles. The Morgan fingerprint density at radius 3 is 2.73 bits per heavy atom. The van der Waals surface area contributed by atoms with Crippen molar-refractivity contribution in [3.05, 3.63) is 30.1 Å². The van der Waals surface area contributed by atoms with Crippen LogP contribution in [0.15, 0.2) is 24.5 Å². The summed E-state index contributed by atoms with van der Waals surface area (Å²) in [5, 5.41) is 2.59. The molecule has 0 spiro atoms. The van der Waals surface area contributed by atoms with Gasteiger partial charge in [-0.3, -0.25) is 28.1 Å². The van der Waals surface area contributed by atoms with Crippen LogP contribution in [0.2, 0.25) is 0 Å². The largest absolute Gasteiger partial charge is 0.475 e. The number of pyridine rings is 1. The van der Waals surface area contributed by atoms with E-state index < -0.39 is 31.2 Å². The van der Waals surface area contributed by atoms with Crippen LogP contribution in [0.1, 0.15) is 25.8 Å². The van der Waals surface area contributed by atoms with Gasteiger partial charge in [-0.05, 0) is 17.7 Å². The van der Waals surface area contributed by atoms with Crippen LogP contribution >= 0.6 is 7.82 Å². The molecule has 0 saturated carbocycles. The van der Waals surface area contributed by atoms with E-state index in [0.29, 0.717) is 0 Å². The van der Waals surface area contributed by atoms with Crippen molar-refractivity contribution in [3.8, 4) is 0 Å². The third kappa shape index (κ3) is 5.60. The van der Waals surface area contributed by atoms with Crippen molar-refractivity contribution in [2.45, 2.75) is 33.0 Å². The summed E-state index contributed by atoms with van der Waals surface area (Å²) in [6, 6.07) is 3.49. The molecular weight excluding hydrogens is 363 g/mol. The highest BCUT2D eigenvalue weighted by molar-refractivity contribution is 7.48. The number of rotatable bonds is 7. The maximum Gasteiger partial charge on any atom is 0.475 e. The zero-order valence-electron chi connectivity index (χ0n) is 15.0. The van der Waals surface area contributed by atoms with Gasteiger partial charge in [-0.1, -0.05) is 13.8 Å². The third-order valence-corrected chi connectivity index (χ3v) is 5.14. The first-order valence-corrected chi connectivity index (χ1v) is 9.53. The molecule has 26 heavy (non-hydrogen) atoms. The summed E-state index contributed by atoms with van der Waals surface area (Å²) >= 11 is 0. The average Bonchev–Trinajstić information content (AvgIpc) is 2.63. The maximum absolute atomic E-state index is 12.4. The van der Waals surface area contributed by atoms with E-state index in [0.717, 1.165) is 5.56 Å². The fourth-order valence-electron chi connectivity index (χ4n) is 2.22. The van der Waals surface area contributed by atoms with E-state index in [4.69, 9.17) is 18.3 Å². The lowest BCUT2D eigenvalue weighted by Crippen LogP contribution is -2.49. The number of phosphoric ester groups is 1. The van der Waals surface area contributed by atoms with Gasteiger partial charge in [-0.2, -0.15) is 0 Å². The fraction of sp³-hybridized carbons (Fsp3) is 0.562. The molecule has 1 aliphatic rings. The Bertz CT molecular complexity index is 680. The second kappa shape index (κ2) is 8.73. The number of amides is 1. The van der Waals surface area contributed by atoms with Gasteiger partial charge in [0, 0.05) is 31.5 Å². The Labute approximate surface area is 152 Å². The first-order valence-electron chi connectivity index (χ1n) is 8.07. The number of carbonyl (C=O) groups excluding carboxylic acids is 2. The van der Waals surface area contributed by atoms with Crippen molar-refractivity contribution in [1.82, 2.24) is 10.3 Å². The second-order valence-electron chi connectivity index (χ2n) is 6.43. The molecule has 1 saturated heterocycles. The van der Waals surface area contributed by atoms with Crippen LogP contribution in [-0.2, 0) is 39.1 Å². The molecule has 0 radical (unpaired) electrons. The number of nitrogens with one attached hydrogen (secondary N) is 1. The molecule has 0 bridgehead atoms. The highest BCUT2D eigenvalue weighted by atomic mass is 31.2. The van der Waals surface area contributed by atoms with Crippen molar-refractivity contribution < 1.29 is 32.5 Å². The van der Waals surface area contributed by atoms with Gasteiger partial charge in [0.1, 0.15) is 6.61 Å². The van der Waals surface area contributed by atoms with Crippen molar-refractivity contribution in [2.24, 2.45) is 5.41 Å². The van der Waals surface area contributed by atoms with E-state index in [1.807, 2.05) is 0 Å². The van der Waals surface area contributed by atoms with Crippen molar-refractivity contribution in [2.75, 3.05) is 20.3 Å². The van der Waals surface area contributed by atoms with E-state index in [1.165, 1.54) is 7.11 Å². The van der Waals surface area contributed by atoms with E-state index in [-0.39, 0.29) is 26.2 Å². The topological polar surface area (TPSA) is 113 Å². The van der Waals surface area contributed by atoms with Crippen LogP contribution in [0.5, 0.6) is 0 Å². The van der Waals surface area contributed by atoms with E-state index in [2.05, 4.69) is 10.3 Å². The molecule has 1 N–H and O–H groups in total. The summed E-state index contributed by atoms with van der Waals surface area (Å²) in [5.74, 6) is -0.936. The Kier molecular flexibility index (Phi) is 6.88. The summed E-state index contributed by atoms with van der Waals surface area (Å²) in [5.41, 5.74) is 0.128. The number of carbonyl (C=O) groups is 2. The average molecular weight is 386 g/mol. The molecule has 1 amide bonds. The van der Waals surface area contributed by atoms with E-state index >= 15 is 0 Å². The third-order valence-electron chi connectivity index (χ3n) is 3.78. The van der Waals surface area contributed by atoms with Crippen LogP contribution in [0.3, 0.4) is 0 Å². The molecule has 0 aliphatic carbocycles. The molecule has 1 aliphatic heterocycles. The van der Waals surface area contributed by atoms with Gasteiger partial charge in [-0.15, -0.1) is 0 Å². The van der Waals surface area contributed by atoms with Crippen LogP contribution in [-0.4, -0.2) is 43.2 Å². The number of hydrogen-bond acceptors (Lipinski definition) is 8. The van der Waals surface area contributed by atoms with Gasteiger partial charge in [0.15, 0.2) is 6.10 Å². The zero-order valence-corrected chi connectivity index (χ0v) is 15.9. The summed E-state index contributed by atoms with van der Waals surface area (Å²) in [6.07, 6.45) is 2.20. The Morgan fingerprint density at radius 2 is 2.08 bits per heavy atom. The Hall–Kier alpha value is -1.80. The van der Waals surface area contributed by atoms with Gasteiger partial charge in [0.25, 0.3) is 0 Å². The van der Waals surface area contributed by atoms with Gasteiger partial charge in [-0.25, -0.2) is 4.57 Å². The zero-order chi connectivity index (χ0) is 19.2. The first-order chi connectivity index (χ1) is 12.3. The summed E-state index contributed by atoms with van der Waals surface area (Å²) < 4.78 is 32.2. The number of aromatic nitrogens is 1. The maximum atomic E-state index is 12.4.